The number of nitrogens with zero attached hydrogens (tertiary/aromatic N) is 1. The minimum Gasteiger partial charge on any atom is -0.456 e. The van der Waals surface area contributed by atoms with Crippen LogP contribution in [0, 0.1) is 10.8 Å². The van der Waals surface area contributed by atoms with Crippen molar-refractivity contribution in [3.8, 4) is 22.6 Å². The molecule has 0 radical (unpaired) electrons. The van der Waals surface area contributed by atoms with Gasteiger partial charge in [0.15, 0.2) is 0 Å². The van der Waals surface area contributed by atoms with E-state index in [1.807, 2.05) is 30.3 Å². The van der Waals surface area contributed by atoms with Crippen molar-refractivity contribution in [3.63, 3.8) is 0 Å². The Balaban J connectivity index is 1.69. The molecule has 2 aromatic carbocycles. The fraction of sp³-hybridized carbons (Fsp3) is 0.208. The lowest BCUT2D eigenvalue weighted by molar-refractivity contribution is -0.134. The summed E-state index contributed by atoms with van der Waals surface area (Å²) in [6.07, 6.45) is 0.207. The maximum atomic E-state index is 12.9. The third-order valence-electron chi connectivity index (χ3n) is 5.45. The molecule has 0 bridgehead atoms. The zero-order valence-electron chi connectivity index (χ0n) is 17.6. The first-order valence-corrected chi connectivity index (χ1v) is 10.3. The Labute approximate surface area is 185 Å². The quantitative estimate of drug-likeness (QED) is 0.350. The second kappa shape index (κ2) is 9.07. The number of nitrogens with two attached hydrogens (primary N) is 2. The Hall–Kier alpha value is -3.91. The maximum absolute atomic E-state index is 12.9. The number of rotatable bonds is 6. The lowest BCUT2D eigenvalue weighted by Crippen LogP contribution is -2.41. The number of hydrogen-bond acceptors (Lipinski definition) is 5. The fourth-order valence-corrected chi connectivity index (χ4v) is 3.65. The molecule has 0 atom stereocenters. The lowest BCUT2D eigenvalue weighted by atomic mass is 10.0. The molecular formula is C24H25N5O3. The number of nitrogens with one attached hydrogen (secondary N) is 2. The van der Waals surface area contributed by atoms with Gasteiger partial charge < -0.3 is 25.5 Å². The average molecular weight is 431 g/mol. The predicted molar refractivity (Wildman–Crippen MR) is 123 cm³/mol. The molecule has 2 heterocycles. The third-order valence-corrected chi connectivity index (χ3v) is 5.45. The summed E-state index contributed by atoms with van der Waals surface area (Å²) < 4.78 is 11.6. The number of carbonyl (C=O) groups is 1. The van der Waals surface area contributed by atoms with E-state index >= 15 is 0 Å². The van der Waals surface area contributed by atoms with Gasteiger partial charge in [0.2, 0.25) is 5.91 Å². The lowest BCUT2D eigenvalue weighted by Gasteiger charge is -2.26. The molecule has 3 aromatic rings. The van der Waals surface area contributed by atoms with Crippen LogP contribution in [0.2, 0.25) is 0 Å². The van der Waals surface area contributed by atoms with Crippen molar-refractivity contribution in [1.82, 2.24) is 4.90 Å². The monoisotopic (exact) mass is 431 g/mol. The fourth-order valence-electron chi connectivity index (χ4n) is 3.65. The van der Waals surface area contributed by atoms with Crippen LogP contribution in [0.1, 0.15) is 16.7 Å². The van der Waals surface area contributed by atoms with Crippen molar-refractivity contribution in [2.75, 3.05) is 26.3 Å². The molecule has 0 aliphatic carbocycles. The molecule has 32 heavy (non-hydrogen) atoms. The van der Waals surface area contributed by atoms with Crippen LogP contribution in [0.15, 0.2) is 59.0 Å². The number of ether oxygens (including phenoxy) is 1. The van der Waals surface area contributed by atoms with E-state index in [2.05, 4.69) is 0 Å². The number of hydrogen-bond donors (Lipinski definition) is 4. The van der Waals surface area contributed by atoms with Crippen molar-refractivity contribution in [3.05, 3.63) is 71.3 Å². The molecule has 8 heteroatoms. The van der Waals surface area contributed by atoms with Gasteiger partial charge in [-0.2, -0.15) is 0 Å². The molecule has 4 rings (SSSR count). The summed E-state index contributed by atoms with van der Waals surface area (Å²) in [6.45, 7) is 2.26. The summed E-state index contributed by atoms with van der Waals surface area (Å²) in [5, 5.41) is 15.2. The van der Waals surface area contributed by atoms with Crippen LogP contribution in [-0.4, -0.2) is 48.8 Å². The SMILES string of the molecule is N=C(N)c1ccc(-c2cc(CC(=O)N3CCOCC3)c(-c3ccc(C(=N)N)cc3)o2)cc1. The van der Waals surface area contributed by atoms with E-state index < -0.39 is 0 Å². The number of furan rings is 1. The molecule has 1 aliphatic heterocycles. The third kappa shape index (κ3) is 4.55. The summed E-state index contributed by atoms with van der Waals surface area (Å²) in [5.74, 6) is 1.24. The largest absolute Gasteiger partial charge is 0.456 e. The highest BCUT2D eigenvalue weighted by atomic mass is 16.5. The zero-order valence-corrected chi connectivity index (χ0v) is 17.6. The number of carbonyl (C=O) groups excluding carboxylic acids is 1. The van der Waals surface area contributed by atoms with Gasteiger partial charge in [-0.05, 0) is 6.07 Å². The summed E-state index contributed by atoms with van der Waals surface area (Å²) >= 11 is 0. The molecule has 0 spiro atoms. The van der Waals surface area contributed by atoms with Crippen molar-refractivity contribution < 1.29 is 13.9 Å². The summed E-state index contributed by atoms with van der Waals surface area (Å²) in [6, 6.07) is 16.3. The molecule has 1 saturated heterocycles. The molecule has 1 amide bonds. The van der Waals surface area contributed by atoms with Crippen LogP contribution in [0.25, 0.3) is 22.6 Å². The van der Waals surface area contributed by atoms with Gasteiger partial charge in [0.05, 0.1) is 19.6 Å². The molecule has 6 N–H and O–H groups in total. The minimum atomic E-state index is -0.00929. The Bertz CT molecular complexity index is 1140. The molecule has 1 aliphatic rings. The van der Waals surface area contributed by atoms with Gasteiger partial charge in [0.1, 0.15) is 23.2 Å². The summed E-state index contributed by atoms with van der Waals surface area (Å²) in [7, 11) is 0. The van der Waals surface area contributed by atoms with Crippen molar-refractivity contribution in [2.24, 2.45) is 11.5 Å². The highest BCUT2D eigenvalue weighted by molar-refractivity contribution is 5.96. The Morgan fingerprint density at radius 1 is 0.875 bits per heavy atom. The number of morpholine rings is 1. The second-order valence-corrected chi connectivity index (χ2v) is 7.62. The molecule has 8 nitrogen and oxygen atoms in total. The highest BCUT2D eigenvalue weighted by Crippen LogP contribution is 2.33. The van der Waals surface area contributed by atoms with Crippen LogP contribution in [-0.2, 0) is 16.0 Å². The van der Waals surface area contributed by atoms with Gasteiger partial charge in [-0.25, -0.2) is 0 Å². The summed E-state index contributed by atoms with van der Waals surface area (Å²) in [4.78, 5) is 14.7. The van der Waals surface area contributed by atoms with Crippen molar-refractivity contribution in [1.29, 1.82) is 10.8 Å². The standard InChI is InChI=1S/C24H25N5O3/c25-23(26)17-5-1-15(2-6-17)20-13-19(14-21(30)29-9-11-31-12-10-29)22(32-20)16-3-7-18(8-4-16)24(27)28/h1-8,13H,9-12,14H2,(H3,25,26)(H3,27,28). The van der Waals surface area contributed by atoms with E-state index in [1.54, 1.807) is 29.2 Å². The van der Waals surface area contributed by atoms with Crippen LogP contribution >= 0.6 is 0 Å². The number of benzene rings is 2. The van der Waals surface area contributed by atoms with Gasteiger partial charge in [-0.1, -0.05) is 48.5 Å². The van der Waals surface area contributed by atoms with Crippen molar-refractivity contribution in [2.45, 2.75) is 6.42 Å². The van der Waals surface area contributed by atoms with Gasteiger partial charge in [-0.15, -0.1) is 0 Å². The smallest absolute Gasteiger partial charge is 0.227 e. The van der Waals surface area contributed by atoms with Gasteiger partial charge in [0, 0.05) is 40.9 Å². The van der Waals surface area contributed by atoms with E-state index in [0.717, 1.165) is 16.7 Å². The first kappa shape index (κ1) is 21.3. The molecule has 0 unspecified atom stereocenters. The Kier molecular flexibility index (Phi) is 6.04. The minimum absolute atomic E-state index is 0.000887. The average Bonchev–Trinajstić information content (AvgIpc) is 3.23. The number of amidine groups is 2. The van der Waals surface area contributed by atoms with Crippen LogP contribution in [0.4, 0.5) is 0 Å². The van der Waals surface area contributed by atoms with Crippen LogP contribution in [0.3, 0.4) is 0 Å². The van der Waals surface area contributed by atoms with Crippen LogP contribution in [0.5, 0.6) is 0 Å². The topological polar surface area (TPSA) is 142 Å². The molecule has 1 aromatic heterocycles. The van der Waals surface area contributed by atoms with E-state index in [9.17, 15) is 4.79 Å². The Morgan fingerprint density at radius 3 is 1.94 bits per heavy atom. The van der Waals surface area contributed by atoms with Gasteiger partial charge in [0.25, 0.3) is 0 Å². The maximum Gasteiger partial charge on any atom is 0.227 e. The molecule has 164 valence electrons. The number of amides is 1. The molecule has 1 fully saturated rings. The normalized spacial score (nSPS) is 13.7. The first-order chi connectivity index (χ1) is 15.4. The van der Waals surface area contributed by atoms with Gasteiger partial charge in [-0.3, -0.25) is 15.6 Å². The van der Waals surface area contributed by atoms with Crippen molar-refractivity contribution >= 4 is 17.6 Å². The highest BCUT2D eigenvalue weighted by Gasteiger charge is 2.22. The van der Waals surface area contributed by atoms with Crippen LogP contribution < -0.4 is 11.5 Å². The van der Waals surface area contributed by atoms with E-state index in [4.69, 9.17) is 31.4 Å². The molecular weight excluding hydrogens is 406 g/mol. The Morgan fingerprint density at radius 2 is 1.41 bits per heavy atom. The number of nitrogen functional groups attached to an aromatic ring is 2. The van der Waals surface area contributed by atoms with Gasteiger partial charge >= 0.3 is 0 Å². The predicted octanol–water partition coefficient (Wildman–Crippen LogP) is 2.58. The van der Waals surface area contributed by atoms with E-state index in [-0.39, 0.29) is 24.0 Å². The second-order valence-electron chi connectivity index (χ2n) is 7.62. The zero-order chi connectivity index (χ0) is 22.7. The van der Waals surface area contributed by atoms with E-state index in [1.165, 1.54) is 0 Å². The van der Waals surface area contributed by atoms with E-state index in [0.29, 0.717) is 49.0 Å². The summed E-state index contributed by atoms with van der Waals surface area (Å²) in [5.41, 5.74) is 14.8. The first-order valence-electron chi connectivity index (χ1n) is 10.3. The molecule has 0 saturated carbocycles.